The van der Waals surface area contributed by atoms with Crippen LogP contribution >= 0.6 is 0 Å². The van der Waals surface area contributed by atoms with Crippen LogP contribution in [0.4, 0.5) is 0 Å². The van der Waals surface area contributed by atoms with Crippen molar-refractivity contribution in [1.82, 2.24) is 18.2 Å². The first kappa shape index (κ1) is 16.9. The standard InChI is InChI=1S/C16H28N4O2S/c1-4-11-18(2)23(21,22)20-12-7-10-15(20)16-17-13-8-5-6-9-14(13)19(16)3/h15H,4-12H2,1-3H3. The Morgan fingerprint density at radius 3 is 2.70 bits per heavy atom. The number of aryl methyl sites for hydroxylation is 1. The maximum Gasteiger partial charge on any atom is 0.282 e. The predicted molar refractivity (Wildman–Crippen MR) is 90.4 cm³/mol. The van der Waals surface area contributed by atoms with Gasteiger partial charge in [0.05, 0.1) is 11.7 Å². The lowest BCUT2D eigenvalue weighted by Gasteiger charge is -2.28. The zero-order valence-electron chi connectivity index (χ0n) is 14.5. The molecule has 0 N–H and O–H groups in total. The molecule has 0 saturated carbocycles. The number of hydrogen-bond acceptors (Lipinski definition) is 3. The molecule has 1 aliphatic carbocycles. The third kappa shape index (κ3) is 2.94. The molecule has 3 rings (SSSR count). The molecule has 1 unspecified atom stereocenters. The summed E-state index contributed by atoms with van der Waals surface area (Å²) in [5.41, 5.74) is 2.48. The Hall–Kier alpha value is -0.920. The molecule has 1 aliphatic heterocycles. The molecule has 0 bridgehead atoms. The van der Waals surface area contributed by atoms with E-state index in [1.807, 2.05) is 14.0 Å². The maximum atomic E-state index is 12.9. The van der Waals surface area contributed by atoms with E-state index in [2.05, 4.69) is 4.57 Å². The van der Waals surface area contributed by atoms with Crippen molar-refractivity contribution in [2.45, 2.75) is 57.9 Å². The minimum atomic E-state index is -3.40. The highest BCUT2D eigenvalue weighted by molar-refractivity contribution is 7.86. The van der Waals surface area contributed by atoms with Crippen molar-refractivity contribution in [3.8, 4) is 0 Å². The van der Waals surface area contributed by atoms with Crippen LogP contribution < -0.4 is 0 Å². The summed E-state index contributed by atoms with van der Waals surface area (Å²) in [6.07, 6.45) is 7.08. The zero-order valence-corrected chi connectivity index (χ0v) is 15.3. The molecule has 1 atom stereocenters. The van der Waals surface area contributed by atoms with Crippen LogP contribution in [0, 0.1) is 0 Å². The van der Waals surface area contributed by atoms with Gasteiger partial charge in [0.15, 0.2) is 0 Å². The van der Waals surface area contributed by atoms with E-state index in [9.17, 15) is 8.42 Å². The minimum absolute atomic E-state index is 0.116. The van der Waals surface area contributed by atoms with E-state index < -0.39 is 10.2 Å². The van der Waals surface area contributed by atoms with Crippen molar-refractivity contribution in [2.24, 2.45) is 7.05 Å². The SMILES string of the molecule is CCCN(C)S(=O)(=O)N1CCCC1c1nc2c(n1C)CCCC2. The molecular formula is C16H28N4O2S. The molecule has 0 amide bonds. The Kier molecular flexibility index (Phi) is 4.80. The summed E-state index contributed by atoms with van der Waals surface area (Å²) in [6.45, 7) is 3.15. The second-order valence-corrected chi connectivity index (χ2v) is 8.72. The second-order valence-electron chi connectivity index (χ2n) is 6.73. The van der Waals surface area contributed by atoms with Crippen LogP contribution in [-0.2, 0) is 30.1 Å². The number of imidazole rings is 1. The highest BCUT2D eigenvalue weighted by atomic mass is 32.2. The van der Waals surface area contributed by atoms with Gasteiger partial charge in [0.1, 0.15) is 5.82 Å². The Balaban J connectivity index is 1.92. The molecule has 23 heavy (non-hydrogen) atoms. The average molecular weight is 340 g/mol. The van der Waals surface area contributed by atoms with E-state index in [4.69, 9.17) is 4.98 Å². The topological polar surface area (TPSA) is 58.4 Å². The molecule has 1 aromatic rings. The fraction of sp³-hybridized carbons (Fsp3) is 0.812. The molecule has 2 aliphatic rings. The van der Waals surface area contributed by atoms with Gasteiger partial charge in [0.25, 0.3) is 10.2 Å². The van der Waals surface area contributed by atoms with Crippen molar-refractivity contribution >= 4 is 10.2 Å². The Morgan fingerprint density at radius 1 is 1.26 bits per heavy atom. The fourth-order valence-corrected chi connectivity index (χ4v) is 5.54. The molecule has 1 aromatic heterocycles. The van der Waals surface area contributed by atoms with Gasteiger partial charge < -0.3 is 4.57 Å². The van der Waals surface area contributed by atoms with Gasteiger partial charge >= 0.3 is 0 Å². The maximum absolute atomic E-state index is 12.9. The molecule has 1 fully saturated rings. The molecule has 0 radical (unpaired) electrons. The van der Waals surface area contributed by atoms with Crippen LogP contribution in [0.2, 0.25) is 0 Å². The molecule has 1 saturated heterocycles. The summed E-state index contributed by atoms with van der Waals surface area (Å²) >= 11 is 0. The van der Waals surface area contributed by atoms with E-state index in [1.165, 1.54) is 28.5 Å². The van der Waals surface area contributed by atoms with Gasteiger partial charge in [-0.3, -0.25) is 0 Å². The molecule has 0 aromatic carbocycles. The van der Waals surface area contributed by atoms with Crippen LogP contribution in [0.25, 0.3) is 0 Å². The smallest absolute Gasteiger partial charge is 0.282 e. The monoisotopic (exact) mass is 340 g/mol. The van der Waals surface area contributed by atoms with Crippen molar-refractivity contribution < 1.29 is 8.42 Å². The number of nitrogens with zero attached hydrogens (tertiary/aromatic N) is 4. The molecule has 2 heterocycles. The first-order valence-corrected chi connectivity index (χ1v) is 10.1. The van der Waals surface area contributed by atoms with Gasteiger partial charge in [0.2, 0.25) is 0 Å². The first-order chi connectivity index (χ1) is 11.0. The third-order valence-corrected chi connectivity index (χ3v) is 7.14. The lowest BCUT2D eigenvalue weighted by Crippen LogP contribution is -2.42. The van der Waals surface area contributed by atoms with Crippen LogP contribution in [0.3, 0.4) is 0 Å². The molecule has 0 spiro atoms. The van der Waals surface area contributed by atoms with Crippen LogP contribution in [0.1, 0.15) is 62.3 Å². The number of rotatable bonds is 5. The van der Waals surface area contributed by atoms with Gasteiger partial charge in [0, 0.05) is 32.9 Å². The summed E-state index contributed by atoms with van der Waals surface area (Å²) in [6, 6.07) is -0.116. The van der Waals surface area contributed by atoms with E-state index in [-0.39, 0.29) is 6.04 Å². The van der Waals surface area contributed by atoms with Crippen molar-refractivity contribution in [1.29, 1.82) is 0 Å². The fourth-order valence-electron chi connectivity index (χ4n) is 3.89. The van der Waals surface area contributed by atoms with Crippen LogP contribution in [0.5, 0.6) is 0 Å². The van der Waals surface area contributed by atoms with Gasteiger partial charge in [-0.05, 0) is 44.9 Å². The normalized spacial score (nSPS) is 22.7. The van der Waals surface area contributed by atoms with Gasteiger partial charge in [-0.2, -0.15) is 17.0 Å². The summed E-state index contributed by atoms with van der Waals surface area (Å²) in [4.78, 5) is 4.84. The lowest BCUT2D eigenvalue weighted by molar-refractivity contribution is 0.335. The summed E-state index contributed by atoms with van der Waals surface area (Å²) in [5, 5.41) is 0. The van der Waals surface area contributed by atoms with Gasteiger partial charge in [-0.1, -0.05) is 6.92 Å². The van der Waals surface area contributed by atoms with Crippen LogP contribution in [-0.4, -0.2) is 46.7 Å². The third-order valence-electron chi connectivity index (χ3n) is 5.14. The molecule has 7 heteroatoms. The van der Waals surface area contributed by atoms with Crippen LogP contribution in [0.15, 0.2) is 0 Å². The molecule has 6 nitrogen and oxygen atoms in total. The van der Waals surface area contributed by atoms with Gasteiger partial charge in [-0.15, -0.1) is 0 Å². The first-order valence-electron chi connectivity index (χ1n) is 8.74. The predicted octanol–water partition coefficient (Wildman–Crippen LogP) is 2.02. The highest BCUT2D eigenvalue weighted by Gasteiger charge is 2.40. The number of hydrogen-bond donors (Lipinski definition) is 0. The highest BCUT2D eigenvalue weighted by Crippen LogP contribution is 2.36. The lowest BCUT2D eigenvalue weighted by atomic mass is 10.0. The molecule has 130 valence electrons. The summed E-state index contributed by atoms with van der Waals surface area (Å²) in [7, 11) is 0.322. The second kappa shape index (κ2) is 6.53. The number of fused-ring (bicyclic) bond motifs is 1. The average Bonchev–Trinajstić information content (AvgIpc) is 3.13. The van der Waals surface area contributed by atoms with E-state index in [1.54, 1.807) is 11.4 Å². The summed E-state index contributed by atoms with van der Waals surface area (Å²) in [5.74, 6) is 0.933. The van der Waals surface area contributed by atoms with E-state index in [0.29, 0.717) is 13.1 Å². The van der Waals surface area contributed by atoms with E-state index >= 15 is 0 Å². The quantitative estimate of drug-likeness (QED) is 0.824. The Labute approximate surface area is 139 Å². The summed E-state index contributed by atoms with van der Waals surface area (Å²) < 4.78 is 31.1. The Morgan fingerprint density at radius 2 is 2.00 bits per heavy atom. The Bertz CT molecular complexity index is 668. The zero-order chi connectivity index (χ0) is 16.6. The van der Waals surface area contributed by atoms with Crippen molar-refractivity contribution in [3.63, 3.8) is 0 Å². The van der Waals surface area contributed by atoms with Gasteiger partial charge in [-0.25, -0.2) is 4.98 Å². The van der Waals surface area contributed by atoms with E-state index in [0.717, 1.165) is 37.9 Å². The number of aromatic nitrogens is 2. The van der Waals surface area contributed by atoms with Crippen molar-refractivity contribution in [3.05, 3.63) is 17.2 Å². The largest absolute Gasteiger partial charge is 0.333 e. The van der Waals surface area contributed by atoms with Crippen molar-refractivity contribution in [2.75, 3.05) is 20.1 Å². The molecular weight excluding hydrogens is 312 g/mol. The minimum Gasteiger partial charge on any atom is -0.333 e.